The molecule has 0 bridgehead atoms. The first kappa shape index (κ1) is 19.6. The van der Waals surface area contributed by atoms with Crippen LogP contribution in [0.15, 0.2) is 35.3 Å². The Morgan fingerprint density at radius 1 is 1.24 bits per heavy atom. The molecule has 140 valence electrons. The zero-order chi connectivity index (χ0) is 18.1. The van der Waals surface area contributed by atoms with Gasteiger partial charge in [0.2, 0.25) is 0 Å². The van der Waals surface area contributed by atoms with E-state index in [1.807, 2.05) is 37.4 Å². The SMILES string of the molecule is CCN(CC)C(C)CNC(=NC)N1CCC(Oc2ccccc2)CC1. The summed E-state index contributed by atoms with van der Waals surface area (Å²) >= 11 is 0. The van der Waals surface area contributed by atoms with Crippen molar-refractivity contribution in [1.82, 2.24) is 15.1 Å². The Morgan fingerprint density at radius 2 is 1.88 bits per heavy atom. The van der Waals surface area contributed by atoms with E-state index < -0.39 is 0 Å². The zero-order valence-corrected chi connectivity index (χ0v) is 16.2. The molecule has 0 radical (unpaired) electrons. The van der Waals surface area contributed by atoms with Crippen LogP contribution in [0.1, 0.15) is 33.6 Å². The predicted molar refractivity (Wildman–Crippen MR) is 105 cm³/mol. The highest BCUT2D eigenvalue weighted by atomic mass is 16.5. The maximum atomic E-state index is 6.08. The maximum absolute atomic E-state index is 6.08. The summed E-state index contributed by atoms with van der Waals surface area (Å²) in [6, 6.07) is 10.6. The number of piperidine rings is 1. The third kappa shape index (κ3) is 5.92. The molecule has 1 heterocycles. The molecular formula is C20H34N4O. The quantitative estimate of drug-likeness (QED) is 0.609. The van der Waals surface area contributed by atoms with Gasteiger partial charge in [-0.2, -0.15) is 0 Å². The lowest BCUT2D eigenvalue weighted by molar-refractivity contribution is 0.129. The van der Waals surface area contributed by atoms with Crippen molar-refractivity contribution in [3.8, 4) is 5.75 Å². The van der Waals surface area contributed by atoms with Crippen LogP contribution in [0.3, 0.4) is 0 Å². The Balaban J connectivity index is 1.78. The van der Waals surface area contributed by atoms with Crippen LogP contribution in [-0.4, -0.2) is 67.7 Å². The van der Waals surface area contributed by atoms with Crippen molar-refractivity contribution in [1.29, 1.82) is 0 Å². The number of rotatable bonds is 7. The van der Waals surface area contributed by atoms with Gasteiger partial charge in [0.25, 0.3) is 0 Å². The first-order valence-corrected chi connectivity index (χ1v) is 9.59. The average molecular weight is 347 g/mol. The van der Waals surface area contributed by atoms with Gasteiger partial charge in [-0.25, -0.2) is 0 Å². The minimum atomic E-state index is 0.298. The number of hydrogen-bond donors (Lipinski definition) is 1. The first-order valence-electron chi connectivity index (χ1n) is 9.59. The van der Waals surface area contributed by atoms with Gasteiger partial charge in [0.05, 0.1) is 0 Å². The van der Waals surface area contributed by atoms with E-state index in [0.29, 0.717) is 12.1 Å². The zero-order valence-electron chi connectivity index (χ0n) is 16.2. The van der Waals surface area contributed by atoms with E-state index in [9.17, 15) is 0 Å². The summed E-state index contributed by atoms with van der Waals surface area (Å²) in [6.45, 7) is 11.8. The number of benzene rings is 1. The van der Waals surface area contributed by atoms with E-state index in [0.717, 1.165) is 57.3 Å². The molecule has 1 aliphatic heterocycles. The Morgan fingerprint density at radius 3 is 2.44 bits per heavy atom. The number of nitrogens with one attached hydrogen (secondary N) is 1. The third-order valence-electron chi connectivity index (χ3n) is 4.99. The second kappa shape index (κ2) is 10.3. The number of para-hydroxylation sites is 1. The number of aliphatic imine (C=N–C) groups is 1. The summed E-state index contributed by atoms with van der Waals surface area (Å²) in [5.74, 6) is 1.98. The van der Waals surface area contributed by atoms with Crippen molar-refractivity contribution >= 4 is 5.96 Å². The van der Waals surface area contributed by atoms with Crippen molar-refractivity contribution in [2.75, 3.05) is 39.8 Å². The monoisotopic (exact) mass is 346 g/mol. The van der Waals surface area contributed by atoms with Gasteiger partial charge >= 0.3 is 0 Å². The van der Waals surface area contributed by atoms with Crippen molar-refractivity contribution in [3.63, 3.8) is 0 Å². The fourth-order valence-corrected chi connectivity index (χ4v) is 3.42. The third-order valence-corrected chi connectivity index (χ3v) is 4.99. The van der Waals surface area contributed by atoms with E-state index in [1.165, 1.54) is 0 Å². The number of guanidine groups is 1. The van der Waals surface area contributed by atoms with Gasteiger partial charge in [0.15, 0.2) is 5.96 Å². The molecule has 1 unspecified atom stereocenters. The molecular weight excluding hydrogens is 312 g/mol. The van der Waals surface area contributed by atoms with Crippen LogP contribution in [0.2, 0.25) is 0 Å². The molecule has 0 amide bonds. The second-order valence-corrected chi connectivity index (χ2v) is 6.62. The molecule has 1 atom stereocenters. The molecule has 1 fully saturated rings. The first-order chi connectivity index (χ1) is 12.2. The van der Waals surface area contributed by atoms with Crippen molar-refractivity contribution < 1.29 is 4.74 Å². The van der Waals surface area contributed by atoms with Crippen LogP contribution in [0.5, 0.6) is 5.75 Å². The minimum absolute atomic E-state index is 0.298. The van der Waals surface area contributed by atoms with Gasteiger partial charge in [-0.05, 0) is 32.1 Å². The molecule has 5 nitrogen and oxygen atoms in total. The van der Waals surface area contributed by atoms with Crippen molar-refractivity contribution in [2.24, 2.45) is 4.99 Å². The van der Waals surface area contributed by atoms with Crippen molar-refractivity contribution in [2.45, 2.75) is 45.8 Å². The summed E-state index contributed by atoms with van der Waals surface area (Å²) in [4.78, 5) is 9.28. The normalized spacial score (nSPS) is 17.6. The highest BCUT2D eigenvalue weighted by molar-refractivity contribution is 5.80. The average Bonchev–Trinajstić information content (AvgIpc) is 2.65. The van der Waals surface area contributed by atoms with Gasteiger partial charge in [0, 0.05) is 45.6 Å². The van der Waals surface area contributed by atoms with Crippen LogP contribution < -0.4 is 10.1 Å². The fourth-order valence-electron chi connectivity index (χ4n) is 3.42. The van der Waals surface area contributed by atoms with E-state index >= 15 is 0 Å². The van der Waals surface area contributed by atoms with Crippen LogP contribution in [0.4, 0.5) is 0 Å². The lowest BCUT2D eigenvalue weighted by atomic mass is 10.1. The Labute approximate surface area is 153 Å². The second-order valence-electron chi connectivity index (χ2n) is 6.62. The van der Waals surface area contributed by atoms with Crippen LogP contribution in [0, 0.1) is 0 Å². The topological polar surface area (TPSA) is 40.1 Å². The van der Waals surface area contributed by atoms with Gasteiger partial charge in [-0.15, -0.1) is 0 Å². The summed E-state index contributed by atoms with van der Waals surface area (Å²) in [7, 11) is 1.87. The van der Waals surface area contributed by atoms with E-state index in [1.54, 1.807) is 0 Å². The number of ether oxygens (including phenoxy) is 1. The molecule has 0 spiro atoms. The van der Waals surface area contributed by atoms with Gasteiger partial charge < -0.3 is 15.0 Å². The van der Waals surface area contributed by atoms with Crippen LogP contribution in [0.25, 0.3) is 0 Å². The highest BCUT2D eigenvalue weighted by Crippen LogP contribution is 2.18. The minimum Gasteiger partial charge on any atom is -0.490 e. The predicted octanol–water partition coefficient (Wildman–Crippen LogP) is 2.84. The molecule has 0 aliphatic carbocycles. The van der Waals surface area contributed by atoms with Crippen LogP contribution in [-0.2, 0) is 0 Å². The highest BCUT2D eigenvalue weighted by Gasteiger charge is 2.23. The van der Waals surface area contributed by atoms with Crippen molar-refractivity contribution in [3.05, 3.63) is 30.3 Å². The van der Waals surface area contributed by atoms with Gasteiger partial charge in [0.1, 0.15) is 11.9 Å². The lowest BCUT2D eigenvalue weighted by Crippen LogP contribution is -2.50. The number of nitrogens with zero attached hydrogens (tertiary/aromatic N) is 3. The summed E-state index contributed by atoms with van der Waals surface area (Å²) in [5.41, 5.74) is 0. The van der Waals surface area contributed by atoms with Gasteiger partial charge in [-0.3, -0.25) is 9.89 Å². The molecule has 25 heavy (non-hydrogen) atoms. The molecule has 1 aromatic carbocycles. The molecule has 2 rings (SSSR count). The smallest absolute Gasteiger partial charge is 0.193 e. The van der Waals surface area contributed by atoms with E-state index in [4.69, 9.17) is 4.74 Å². The van der Waals surface area contributed by atoms with E-state index in [-0.39, 0.29) is 0 Å². The molecule has 1 aliphatic rings. The van der Waals surface area contributed by atoms with Crippen LogP contribution >= 0.6 is 0 Å². The Hall–Kier alpha value is -1.75. The largest absolute Gasteiger partial charge is 0.490 e. The standard InChI is InChI=1S/C20H34N4O/c1-5-23(6-2)17(3)16-22-20(21-4)24-14-12-19(13-15-24)25-18-10-8-7-9-11-18/h7-11,17,19H,5-6,12-16H2,1-4H3,(H,21,22). The summed E-state index contributed by atoms with van der Waals surface area (Å²) in [5, 5.41) is 3.55. The maximum Gasteiger partial charge on any atom is 0.193 e. The summed E-state index contributed by atoms with van der Waals surface area (Å²) < 4.78 is 6.08. The Kier molecular flexibility index (Phi) is 8.06. The molecule has 1 saturated heterocycles. The summed E-state index contributed by atoms with van der Waals surface area (Å²) in [6.07, 6.45) is 2.36. The molecule has 0 aromatic heterocycles. The Bertz CT molecular complexity index is 508. The number of likely N-dealkylation sites (N-methyl/N-ethyl adjacent to an activating group) is 1. The number of likely N-dealkylation sites (tertiary alicyclic amines) is 1. The number of hydrogen-bond acceptors (Lipinski definition) is 3. The molecule has 1 aromatic rings. The fraction of sp³-hybridized carbons (Fsp3) is 0.650. The molecule has 5 heteroatoms. The van der Waals surface area contributed by atoms with E-state index in [2.05, 4.69) is 40.9 Å². The molecule has 1 N–H and O–H groups in total. The van der Waals surface area contributed by atoms with Gasteiger partial charge in [-0.1, -0.05) is 32.0 Å². The molecule has 0 saturated carbocycles. The lowest BCUT2D eigenvalue weighted by Gasteiger charge is -2.35.